The molecule has 1 aromatic carbocycles. The number of nitrogens with one attached hydrogen (secondary N) is 1. The summed E-state index contributed by atoms with van der Waals surface area (Å²) in [4.78, 5) is 27.4. The number of hydrogen-bond donors (Lipinski definition) is 1. The van der Waals surface area contributed by atoms with E-state index in [4.69, 9.17) is 20.9 Å². The number of anilines is 1. The van der Waals surface area contributed by atoms with Crippen molar-refractivity contribution in [2.24, 2.45) is 0 Å². The Balaban J connectivity index is 1.71. The first-order valence-electron chi connectivity index (χ1n) is 10.9. The minimum Gasteiger partial charge on any atom is -0.462 e. The van der Waals surface area contributed by atoms with Crippen LogP contribution >= 0.6 is 22.9 Å². The lowest BCUT2D eigenvalue weighted by Crippen LogP contribution is -2.16. The molecule has 0 bridgehead atoms. The Hall–Kier alpha value is -2.64. The maximum atomic E-state index is 13.4. The van der Waals surface area contributed by atoms with Gasteiger partial charge in [0.15, 0.2) is 0 Å². The molecule has 1 aliphatic rings. The van der Waals surface area contributed by atoms with E-state index in [9.17, 15) is 9.59 Å². The van der Waals surface area contributed by atoms with Crippen molar-refractivity contribution in [1.29, 1.82) is 0 Å². The van der Waals surface area contributed by atoms with E-state index in [0.717, 1.165) is 49.0 Å². The number of halogens is 1. The van der Waals surface area contributed by atoms with Gasteiger partial charge in [0.25, 0.3) is 5.91 Å². The predicted molar refractivity (Wildman–Crippen MR) is 126 cm³/mol. The maximum Gasteiger partial charge on any atom is 0.341 e. The van der Waals surface area contributed by atoms with Gasteiger partial charge >= 0.3 is 5.97 Å². The molecule has 1 aliphatic carbocycles. The molecule has 0 fully saturated rings. The summed E-state index contributed by atoms with van der Waals surface area (Å²) in [6, 6.07) is 7.16. The smallest absolute Gasteiger partial charge is 0.341 e. The van der Waals surface area contributed by atoms with Crippen molar-refractivity contribution in [3.05, 3.63) is 56.6 Å². The van der Waals surface area contributed by atoms with Crippen molar-refractivity contribution in [2.75, 3.05) is 11.9 Å². The molecule has 2 heterocycles. The molecular formula is C24H25ClN2O4S. The van der Waals surface area contributed by atoms with Crippen LogP contribution in [0.1, 0.15) is 69.5 Å². The monoisotopic (exact) mass is 472 g/mol. The number of thiophene rings is 1. The third-order valence-electron chi connectivity index (χ3n) is 5.51. The molecular weight excluding hydrogens is 448 g/mol. The second-order valence-electron chi connectivity index (χ2n) is 7.80. The van der Waals surface area contributed by atoms with Gasteiger partial charge in [0.05, 0.1) is 17.2 Å². The number of carbonyl (C=O) groups is 2. The predicted octanol–water partition coefficient (Wildman–Crippen LogP) is 6.45. The number of esters is 1. The largest absolute Gasteiger partial charge is 0.462 e. The summed E-state index contributed by atoms with van der Waals surface area (Å²) in [5, 5.41) is 8.03. The van der Waals surface area contributed by atoms with Crippen LogP contribution in [0.3, 0.4) is 0 Å². The number of ether oxygens (including phenoxy) is 1. The SMILES string of the molecule is CCCOC(=O)c1c(NC(=O)c2c(-c3ccccc3Cl)noc2C)sc2c1CCCCC2. The van der Waals surface area contributed by atoms with Gasteiger partial charge in [0.1, 0.15) is 22.0 Å². The highest BCUT2D eigenvalue weighted by Gasteiger charge is 2.29. The van der Waals surface area contributed by atoms with Crippen LogP contribution in [0.2, 0.25) is 5.02 Å². The molecule has 0 spiro atoms. The summed E-state index contributed by atoms with van der Waals surface area (Å²) < 4.78 is 10.8. The summed E-state index contributed by atoms with van der Waals surface area (Å²) in [5.74, 6) is -0.389. The van der Waals surface area contributed by atoms with Crippen molar-refractivity contribution in [1.82, 2.24) is 5.16 Å². The van der Waals surface area contributed by atoms with Gasteiger partial charge in [0, 0.05) is 10.4 Å². The van der Waals surface area contributed by atoms with E-state index in [1.54, 1.807) is 19.1 Å². The van der Waals surface area contributed by atoms with Crippen LogP contribution in [0.4, 0.5) is 5.00 Å². The Kier molecular flexibility index (Phi) is 6.96. The van der Waals surface area contributed by atoms with Crippen LogP contribution in [0.25, 0.3) is 11.3 Å². The van der Waals surface area contributed by atoms with Crippen LogP contribution in [0.15, 0.2) is 28.8 Å². The zero-order chi connectivity index (χ0) is 22.7. The van der Waals surface area contributed by atoms with Gasteiger partial charge in [-0.2, -0.15) is 0 Å². The lowest BCUT2D eigenvalue weighted by Gasteiger charge is -2.09. The number of fused-ring (bicyclic) bond motifs is 1. The normalized spacial score (nSPS) is 13.3. The van der Waals surface area contributed by atoms with E-state index in [2.05, 4.69) is 10.5 Å². The number of aromatic nitrogens is 1. The highest BCUT2D eigenvalue weighted by atomic mass is 35.5. The fourth-order valence-electron chi connectivity index (χ4n) is 3.96. The third-order valence-corrected chi connectivity index (χ3v) is 7.05. The van der Waals surface area contributed by atoms with Gasteiger partial charge < -0.3 is 14.6 Å². The Bertz CT molecular complexity index is 1150. The van der Waals surface area contributed by atoms with E-state index in [1.807, 2.05) is 19.1 Å². The van der Waals surface area contributed by atoms with Crippen molar-refractivity contribution in [2.45, 2.75) is 52.4 Å². The molecule has 0 atom stereocenters. The van der Waals surface area contributed by atoms with E-state index in [-0.39, 0.29) is 11.9 Å². The van der Waals surface area contributed by atoms with Gasteiger partial charge in [-0.3, -0.25) is 4.79 Å². The molecule has 0 unspecified atom stereocenters. The Morgan fingerprint density at radius 2 is 1.97 bits per heavy atom. The molecule has 168 valence electrons. The van der Waals surface area contributed by atoms with Crippen LogP contribution in [0.5, 0.6) is 0 Å². The molecule has 6 nitrogen and oxygen atoms in total. The number of amides is 1. The first-order valence-corrected chi connectivity index (χ1v) is 12.0. The quantitative estimate of drug-likeness (QED) is 0.329. The fraction of sp³-hybridized carbons (Fsp3) is 0.375. The zero-order valence-electron chi connectivity index (χ0n) is 18.1. The standard InChI is InChI=1S/C24H25ClN2O4S/c1-3-13-30-24(29)20-16-10-5-4-6-12-18(16)32-23(20)26-22(28)19-14(2)31-27-21(19)15-9-7-8-11-17(15)25/h7-9,11H,3-6,10,12-13H2,1-2H3,(H,26,28). The first kappa shape index (κ1) is 22.6. The van der Waals surface area contributed by atoms with Gasteiger partial charge in [0.2, 0.25) is 0 Å². The molecule has 1 N–H and O–H groups in total. The number of nitrogens with zero attached hydrogens (tertiary/aromatic N) is 1. The van der Waals surface area contributed by atoms with Crippen LogP contribution < -0.4 is 5.32 Å². The number of benzene rings is 1. The number of rotatable bonds is 6. The third kappa shape index (κ3) is 4.45. The summed E-state index contributed by atoms with van der Waals surface area (Å²) >= 11 is 7.80. The van der Waals surface area contributed by atoms with Gasteiger partial charge in [-0.15, -0.1) is 11.3 Å². The van der Waals surface area contributed by atoms with E-state index < -0.39 is 0 Å². The molecule has 32 heavy (non-hydrogen) atoms. The molecule has 0 radical (unpaired) electrons. The number of aryl methyl sites for hydroxylation is 2. The van der Waals surface area contributed by atoms with Crippen molar-refractivity contribution >= 4 is 39.8 Å². The summed E-state index contributed by atoms with van der Waals surface area (Å²) in [6.07, 6.45) is 5.68. The second-order valence-corrected chi connectivity index (χ2v) is 9.31. The highest BCUT2D eigenvalue weighted by Crippen LogP contribution is 2.39. The summed E-state index contributed by atoms with van der Waals surface area (Å²) in [6.45, 7) is 3.98. The lowest BCUT2D eigenvalue weighted by molar-refractivity contribution is 0.0505. The van der Waals surface area contributed by atoms with Crippen LogP contribution in [0, 0.1) is 6.92 Å². The molecule has 0 saturated heterocycles. The molecule has 0 saturated carbocycles. The average molecular weight is 473 g/mol. The Labute approximate surface area is 195 Å². The summed E-state index contributed by atoms with van der Waals surface area (Å²) in [5.41, 5.74) is 2.79. The fourth-order valence-corrected chi connectivity index (χ4v) is 5.45. The van der Waals surface area contributed by atoms with E-state index in [0.29, 0.717) is 44.8 Å². The van der Waals surface area contributed by atoms with Gasteiger partial charge in [-0.25, -0.2) is 4.79 Å². The van der Waals surface area contributed by atoms with Crippen molar-refractivity contribution in [3.8, 4) is 11.3 Å². The van der Waals surface area contributed by atoms with Crippen molar-refractivity contribution < 1.29 is 18.8 Å². The minimum atomic E-state index is -0.389. The van der Waals surface area contributed by atoms with E-state index >= 15 is 0 Å². The Morgan fingerprint density at radius 3 is 2.75 bits per heavy atom. The second kappa shape index (κ2) is 9.88. The molecule has 1 amide bonds. The maximum absolute atomic E-state index is 13.4. The lowest BCUT2D eigenvalue weighted by atomic mass is 10.0. The van der Waals surface area contributed by atoms with Gasteiger partial charge in [-0.05, 0) is 50.7 Å². The number of hydrogen-bond acceptors (Lipinski definition) is 6. The molecule has 2 aromatic heterocycles. The Morgan fingerprint density at radius 1 is 1.19 bits per heavy atom. The molecule has 8 heteroatoms. The minimum absolute atomic E-state index is 0.301. The van der Waals surface area contributed by atoms with Crippen LogP contribution in [-0.2, 0) is 17.6 Å². The van der Waals surface area contributed by atoms with Crippen LogP contribution in [-0.4, -0.2) is 23.6 Å². The summed E-state index contributed by atoms with van der Waals surface area (Å²) in [7, 11) is 0. The molecule has 4 rings (SSSR count). The first-order chi connectivity index (χ1) is 15.5. The number of carbonyl (C=O) groups excluding carboxylic acids is 2. The molecule has 3 aromatic rings. The van der Waals surface area contributed by atoms with E-state index in [1.165, 1.54) is 11.3 Å². The molecule has 0 aliphatic heterocycles. The topological polar surface area (TPSA) is 81.4 Å². The average Bonchev–Trinajstić information content (AvgIpc) is 3.23. The van der Waals surface area contributed by atoms with Crippen molar-refractivity contribution in [3.63, 3.8) is 0 Å². The zero-order valence-corrected chi connectivity index (χ0v) is 19.7. The highest BCUT2D eigenvalue weighted by molar-refractivity contribution is 7.17. The van der Waals surface area contributed by atoms with Gasteiger partial charge in [-0.1, -0.05) is 48.3 Å².